The number of para-hydroxylation sites is 1. The molecule has 1 unspecified atom stereocenters. The quantitative estimate of drug-likeness (QED) is 0.911. The molecule has 0 bridgehead atoms. The monoisotopic (exact) mass is 271 g/mol. The van der Waals surface area contributed by atoms with Gasteiger partial charge in [0.2, 0.25) is 0 Å². The van der Waals surface area contributed by atoms with Crippen LogP contribution in [0.3, 0.4) is 0 Å². The Bertz CT molecular complexity index is 642. The molecule has 0 saturated carbocycles. The van der Waals surface area contributed by atoms with Gasteiger partial charge in [0, 0.05) is 11.8 Å². The molecule has 4 heteroatoms. The van der Waals surface area contributed by atoms with E-state index in [0.717, 1.165) is 17.7 Å². The lowest BCUT2D eigenvalue weighted by atomic mass is 10.1. The van der Waals surface area contributed by atoms with Crippen LogP contribution in [0.2, 0.25) is 0 Å². The number of benzene rings is 2. The molecule has 1 atom stereocenters. The highest BCUT2D eigenvalue weighted by atomic mass is 19.1. The Morgan fingerprint density at radius 3 is 2.85 bits per heavy atom. The van der Waals surface area contributed by atoms with Crippen molar-refractivity contribution in [2.24, 2.45) is 0 Å². The Labute approximate surface area is 116 Å². The van der Waals surface area contributed by atoms with Crippen molar-refractivity contribution in [1.82, 2.24) is 0 Å². The minimum atomic E-state index is -0.607. The third-order valence-corrected chi connectivity index (χ3v) is 3.32. The summed E-state index contributed by atoms with van der Waals surface area (Å²) in [6.07, 6.45) is 0.707. The third-order valence-electron chi connectivity index (χ3n) is 3.32. The van der Waals surface area contributed by atoms with Gasteiger partial charge in [-0.25, -0.2) is 4.39 Å². The van der Waals surface area contributed by atoms with E-state index < -0.39 is 6.10 Å². The first-order valence-electron chi connectivity index (χ1n) is 6.53. The maximum absolute atomic E-state index is 13.1. The lowest BCUT2D eigenvalue weighted by molar-refractivity contribution is -0.122. The maximum Gasteiger partial charge on any atom is 0.265 e. The molecule has 1 heterocycles. The summed E-state index contributed by atoms with van der Waals surface area (Å²) in [5.41, 5.74) is 1.91. The number of carbonyl (C=O) groups excluding carboxylic acids is 1. The number of rotatable bonds is 2. The molecule has 0 aromatic heterocycles. The van der Waals surface area contributed by atoms with Gasteiger partial charge in [0.25, 0.3) is 5.91 Å². The van der Waals surface area contributed by atoms with Crippen molar-refractivity contribution in [1.29, 1.82) is 0 Å². The van der Waals surface area contributed by atoms with E-state index in [1.165, 1.54) is 12.1 Å². The van der Waals surface area contributed by atoms with Crippen molar-refractivity contribution >= 4 is 11.6 Å². The summed E-state index contributed by atoms with van der Waals surface area (Å²) in [5, 5.41) is 2.85. The summed E-state index contributed by atoms with van der Waals surface area (Å²) in [5.74, 6) is -0.199. The molecular weight excluding hydrogens is 257 g/mol. The molecule has 1 amide bonds. The van der Waals surface area contributed by atoms with E-state index in [1.54, 1.807) is 12.1 Å². The molecule has 1 aliphatic rings. The largest absolute Gasteiger partial charge is 0.480 e. The summed E-state index contributed by atoms with van der Waals surface area (Å²) in [6, 6.07) is 13.5. The number of hydrogen-bond acceptors (Lipinski definition) is 2. The number of ether oxygens (including phenoxy) is 1. The molecule has 102 valence electrons. The number of amides is 1. The molecule has 2 aromatic rings. The standard InChI is InChI=1S/C16H14FNO2/c17-12-5-3-6-13(10-12)20-15-9-8-11-4-1-2-7-14(11)18-16(15)19/h1-7,10,15H,8-9H2,(H,18,19). The van der Waals surface area contributed by atoms with E-state index in [2.05, 4.69) is 5.32 Å². The van der Waals surface area contributed by atoms with Crippen LogP contribution in [-0.2, 0) is 11.2 Å². The van der Waals surface area contributed by atoms with Crippen LogP contribution in [0.15, 0.2) is 48.5 Å². The zero-order valence-electron chi connectivity index (χ0n) is 10.8. The maximum atomic E-state index is 13.1. The summed E-state index contributed by atoms with van der Waals surface area (Å²) in [4.78, 5) is 12.1. The molecular formula is C16H14FNO2. The zero-order valence-corrected chi connectivity index (χ0v) is 10.8. The summed E-state index contributed by atoms with van der Waals surface area (Å²) in [6.45, 7) is 0. The van der Waals surface area contributed by atoms with Crippen LogP contribution in [0.1, 0.15) is 12.0 Å². The lowest BCUT2D eigenvalue weighted by Crippen LogP contribution is -2.31. The Morgan fingerprint density at radius 1 is 1.15 bits per heavy atom. The summed E-state index contributed by atoms with van der Waals surface area (Å²) in [7, 11) is 0. The van der Waals surface area contributed by atoms with Crippen molar-refractivity contribution in [3.63, 3.8) is 0 Å². The Morgan fingerprint density at radius 2 is 2.00 bits per heavy atom. The fourth-order valence-electron chi connectivity index (χ4n) is 2.31. The Hall–Kier alpha value is -2.36. The molecule has 0 radical (unpaired) electrons. The summed E-state index contributed by atoms with van der Waals surface area (Å²) >= 11 is 0. The minimum absolute atomic E-state index is 0.195. The first-order chi connectivity index (χ1) is 9.72. The van der Waals surface area contributed by atoms with Gasteiger partial charge >= 0.3 is 0 Å². The van der Waals surface area contributed by atoms with Crippen LogP contribution in [-0.4, -0.2) is 12.0 Å². The SMILES string of the molecule is O=C1Nc2ccccc2CCC1Oc1cccc(F)c1. The van der Waals surface area contributed by atoms with E-state index in [9.17, 15) is 9.18 Å². The van der Waals surface area contributed by atoms with E-state index >= 15 is 0 Å². The normalized spacial score (nSPS) is 17.9. The van der Waals surface area contributed by atoms with Crippen LogP contribution in [0.4, 0.5) is 10.1 Å². The number of aryl methyl sites for hydroxylation is 1. The number of carbonyl (C=O) groups is 1. The number of halogens is 1. The van der Waals surface area contributed by atoms with Crippen molar-refractivity contribution in [2.45, 2.75) is 18.9 Å². The van der Waals surface area contributed by atoms with Crippen LogP contribution in [0.25, 0.3) is 0 Å². The number of nitrogens with one attached hydrogen (secondary N) is 1. The van der Waals surface area contributed by atoms with Crippen molar-refractivity contribution < 1.29 is 13.9 Å². The van der Waals surface area contributed by atoms with Gasteiger partial charge in [0.1, 0.15) is 11.6 Å². The molecule has 20 heavy (non-hydrogen) atoms. The lowest BCUT2D eigenvalue weighted by Gasteiger charge is -2.15. The Kier molecular flexibility index (Phi) is 3.37. The van der Waals surface area contributed by atoms with Gasteiger partial charge in [-0.1, -0.05) is 24.3 Å². The van der Waals surface area contributed by atoms with Gasteiger partial charge in [0.15, 0.2) is 6.10 Å². The van der Waals surface area contributed by atoms with Gasteiger partial charge < -0.3 is 10.1 Å². The third kappa shape index (κ3) is 2.64. The predicted molar refractivity (Wildman–Crippen MR) is 74.2 cm³/mol. The Balaban J connectivity index is 1.78. The molecule has 0 saturated heterocycles. The van der Waals surface area contributed by atoms with E-state index in [-0.39, 0.29) is 11.7 Å². The van der Waals surface area contributed by atoms with Crippen molar-refractivity contribution in [2.75, 3.05) is 5.32 Å². The number of hydrogen-bond donors (Lipinski definition) is 1. The second-order valence-electron chi connectivity index (χ2n) is 4.75. The highest BCUT2D eigenvalue weighted by molar-refractivity contribution is 5.95. The number of fused-ring (bicyclic) bond motifs is 1. The van der Waals surface area contributed by atoms with E-state index in [1.807, 2.05) is 24.3 Å². The zero-order chi connectivity index (χ0) is 13.9. The fourth-order valence-corrected chi connectivity index (χ4v) is 2.31. The van der Waals surface area contributed by atoms with Crippen LogP contribution < -0.4 is 10.1 Å². The molecule has 3 nitrogen and oxygen atoms in total. The van der Waals surface area contributed by atoms with Crippen molar-refractivity contribution in [3.8, 4) is 5.75 Å². The highest BCUT2D eigenvalue weighted by Crippen LogP contribution is 2.24. The average molecular weight is 271 g/mol. The van der Waals surface area contributed by atoms with E-state index in [0.29, 0.717) is 12.2 Å². The highest BCUT2D eigenvalue weighted by Gasteiger charge is 2.25. The van der Waals surface area contributed by atoms with Crippen molar-refractivity contribution in [3.05, 3.63) is 59.9 Å². The molecule has 0 aliphatic carbocycles. The minimum Gasteiger partial charge on any atom is -0.480 e. The second kappa shape index (κ2) is 5.33. The molecule has 1 N–H and O–H groups in total. The van der Waals surface area contributed by atoms with E-state index in [4.69, 9.17) is 4.74 Å². The van der Waals surface area contributed by atoms with Gasteiger partial charge in [0.05, 0.1) is 0 Å². The van der Waals surface area contributed by atoms with Crippen LogP contribution >= 0.6 is 0 Å². The van der Waals surface area contributed by atoms with Crippen LogP contribution in [0, 0.1) is 5.82 Å². The van der Waals surface area contributed by atoms with Gasteiger partial charge in [-0.15, -0.1) is 0 Å². The molecule has 0 spiro atoms. The molecule has 1 aliphatic heterocycles. The topological polar surface area (TPSA) is 38.3 Å². The predicted octanol–water partition coefficient (Wildman–Crippen LogP) is 3.16. The molecule has 2 aromatic carbocycles. The summed E-state index contributed by atoms with van der Waals surface area (Å²) < 4.78 is 18.7. The first kappa shape index (κ1) is 12.7. The smallest absolute Gasteiger partial charge is 0.265 e. The fraction of sp³-hybridized carbons (Fsp3) is 0.188. The number of anilines is 1. The molecule has 3 rings (SSSR count). The second-order valence-corrected chi connectivity index (χ2v) is 4.75. The average Bonchev–Trinajstić information content (AvgIpc) is 2.59. The van der Waals surface area contributed by atoms with Gasteiger partial charge in [-0.05, 0) is 36.6 Å². The molecule has 0 fully saturated rings. The van der Waals surface area contributed by atoms with Gasteiger partial charge in [-0.3, -0.25) is 4.79 Å². The first-order valence-corrected chi connectivity index (χ1v) is 6.53. The van der Waals surface area contributed by atoms with Gasteiger partial charge in [-0.2, -0.15) is 0 Å². The van der Waals surface area contributed by atoms with Crippen LogP contribution in [0.5, 0.6) is 5.75 Å².